The third-order valence-corrected chi connectivity index (χ3v) is 5.87. The quantitative estimate of drug-likeness (QED) is 0.461. The molecule has 1 amide bonds. The summed E-state index contributed by atoms with van der Waals surface area (Å²) in [6, 6.07) is 11.3. The molecule has 0 atom stereocenters. The van der Waals surface area contributed by atoms with Gasteiger partial charge in [0.25, 0.3) is 5.91 Å². The van der Waals surface area contributed by atoms with Gasteiger partial charge in [-0.3, -0.25) is 9.78 Å². The Morgan fingerprint density at radius 3 is 2.67 bits per heavy atom. The van der Waals surface area contributed by atoms with Gasteiger partial charge in [-0.05, 0) is 18.2 Å². The standard InChI is InChI=1S/C21H20N6O2S/c1-15-24-19(25-29-15)14-30-18-6-4-3-5-17(18)21(28)27-11-9-26(10-12-27)20-8-7-16(22-2)13-23-20/h3-8,13H,9-12,14H2,1H3. The lowest BCUT2D eigenvalue weighted by atomic mass is 10.2. The van der Waals surface area contributed by atoms with E-state index < -0.39 is 0 Å². The Labute approximate surface area is 178 Å². The van der Waals surface area contributed by atoms with Crippen LogP contribution in [0, 0.1) is 13.5 Å². The first kappa shape index (κ1) is 19.9. The lowest BCUT2D eigenvalue weighted by molar-refractivity contribution is 0.0743. The number of anilines is 1. The first-order valence-electron chi connectivity index (χ1n) is 9.53. The number of thioether (sulfide) groups is 1. The Bertz CT molecular complexity index is 1070. The van der Waals surface area contributed by atoms with E-state index in [2.05, 4.69) is 24.9 Å². The van der Waals surface area contributed by atoms with Crippen molar-refractivity contribution >= 4 is 29.2 Å². The first-order valence-corrected chi connectivity index (χ1v) is 10.5. The Hall–Kier alpha value is -3.38. The summed E-state index contributed by atoms with van der Waals surface area (Å²) in [5, 5.41) is 3.91. The van der Waals surface area contributed by atoms with Crippen molar-refractivity contribution in [3.05, 3.63) is 71.3 Å². The minimum Gasteiger partial charge on any atom is -0.353 e. The summed E-state index contributed by atoms with van der Waals surface area (Å²) < 4.78 is 5.01. The van der Waals surface area contributed by atoms with Crippen molar-refractivity contribution in [3.63, 3.8) is 0 Å². The zero-order chi connectivity index (χ0) is 20.9. The molecule has 8 nitrogen and oxygen atoms in total. The molecule has 1 fully saturated rings. The van der Waals surface area contributed by atoms with Crippen LogP contribution in [0.5, 0.6) is 0 Å². The second-order valence-corrected chi connectivity index (χ2v) is 7.80. The van der Waals surface area contributed by atoms with E-state index in [0.29, 0.717) is 54.9 Å². The molecule has 3 heterocycles. The van der Waals surface area contributed by atoms with E-state index in [0.717, 1.165) is 10.7 Å². The molecule has 4 rings (SSSR count). The Balaban J connectivity index is 1.39. The second kappa shape index (κ2) is 8.97. The molecule has 30 heavy (non-hydrogen) atoms. The number of benzene rings is 1. The predicted molar refractivity (Wildman–Crippen MR) is 114 cm³/mol. The van der Waals surface area contributed by atoms with E-state index in [-0.39, 0.29) is 5.91 Å². The summed E-state index contributed by atoms with van der Waals surface area (Å²) in [6.07, 6.45) is 1.58. The third kappa shape index (κ3) is 4.44. The maximum absolute atomic E-state index is 13.2. The Kier molecular flexibility index (Phi) is 5.95. The fourth-order valence-electron chi connectivity index (χ4n) is 3.25. The van der Waals surface area contributed by atoms with E-state index in [1.54, 1.807) is 19.2 Å². The van der Waals surface area contributed by atoms with E-state index in [4.69, 9.17) is 11.1 Å². The molecule has 0 bridgehead atoms. The first-order chi connectivity index (χ1) is 14.6. The van der Waals surface area contributed by atoms with Crippen LogP contribution in [0.1, 0.15) is 22.1 Å². The van der Waals surface area contributed by atoms with Crippen LogP contribution in [0.4, 0.5) is 11.5 Å². The number of carbonyl (C=O) groups excluding carboxylic acids is 1. The maximum Gasteiger partial charge on any atom is 0.255 e. The molecule has 0 spiro atoms. The number of pyridine rings is 1. The van der Waals surface area contributed by atoms with Crippen LogP contribution >= 0.6 is 11.8 Å². The zero-order valence-corrected chi connectivity index (χ0v) is 17.3. The number of aromatic nitrogens is 3. The minimum atomic E-state index is 0.0263. The third-order valence-electron chi connectivity index (χ3n) is 4.80. The Morgan fingerprint density at radius 1 is 1.20 bits per heavy atom. The number of carbonyl (C=O) groups is 1. The van der Waals surface area contributed by atoms with E-state index in [1.165, 1.54) is 11.8 Å². The van der Waals surface area contributed by atoms with Gasteiger partial charge in [-0.1, -0.05) is 23.4 Å². The van der Waals surface area contributed by atoms with Crippen molar-refractivity contribution in [3.8, 4) is 0 Å². The largest absolute Gasteiger partial charge is 0.353 e. The number of hydrogen-bond donors (Lipinski definition) is 0. The molecule has 0 saturated carbocycles. The molecule has 0 N–H and O–H groups in total. The van der Waals surface area contributed by atoms with Gasteiger partial charge in [-0.2, -0.15) is 4.98 Å². The molecule has 2 aromatic heterocycles. The van der Waals surface area contributed by atoms with Crippen LogP contribution in [0.25, 0.3) is 4.85 Å². The molecule has 152 valence electrons. The van der Waals surface area contributed by atoms with Crippen LogP contribution in [-0.2, 0) is 5.75 Å². The average molecular weight is 420 g/mol. The summed E-state index contributed by atoms with van der Waals surface area (Å²) in [5.74, 6) is 2.55. The molecular weight excluding hydrogens is 400 g/mol. The van der Waals surface area contributed by atoms with E-state index in [9.17, 15) is 4.79 Å². The van der Waals surface area contributed by atoms with Gasteiger partial charge in [0.2, 0.25) is 11.6 Å². The zero-order valence-electron chi connectivity index (χ0n) is 16.5. The van der Waals surface area contributed by atoms with Crippen LogP contribution in [0.15, 0.2) is 52.0 Å². The van der Waals surface area contributed by atoms with Gasteiger partial charge < -0.3 is 14.3 Å². The molecule has 1 saturated heterocycles. The minimum absolute atomic E-state index is 0.0263. The number of hydrogen-bond acceptors (Lipinski definition) is 7. The van der Waals surface area contributed by atoms with Gasteiger partial charge in [0, 0.05) is 44.2 Å². The van der Waals surface area contributed by atoms with Gasteiger partial charge >= 0.3 is 0 Å². The monoisotopic (exact) mass is 420 g/mol. The highest BCUT2D eigenvalue weighted by atomic mass is 32.2. The van der Waals surface area contributed by atoms with Crippen molar-refractivity contribution in [2.45, 2.75) is 17.6 Å². The number of piperazine rings is 1. The van der Waals surface area contributed by atoms with Crippen LogP contribution in [0.2, 0.25) is 0 Å². The van der Waals surface area contributed by atoms with Crippen LogP contribution < -0.4 is 4.90 Å². The number of rotatable bonds is 5. The van der Waals surface area contributed by atoms with Gasteiger partial charge in [0.1, 0.15) is 5.82 Å². The molecule has 1 aliphatic rings. The molecule has 3 aromatic rings. The number of nitrogens with zero attached hydrogens (tertiary/aromatic N) is 6. The fourth-order valence-corrected chi connectivity index (χ4v) is 4.14. The van der Waals surface area contributed by atoms with Crippen molar-refractivity contribution in [2.75, 3.05) is 31.1 Å². The topological polar surface area (TPSA) is 79.7 Å². The molecule has 0 unspecified atom stereocenters. The highest BCUT2D eigenvalue weighted by molar-refractivity contribution is 7.98. The van der Waals surface area contributed by atoms with Gasteiger partial charge in [0.05, 0.1) is 17.9 Å². The normalized spacial score (nSPS) is 13.9. The van der Waals surface area contributed by atoms with Gasteiger partial charge in [-0.15, -0.1) is 11.8 Å². The van der Waals surface area contributed by atoms with Crippen molar-refractivity contribution in [1.82, 2.24) is 20.0 Å². The van der Waals surface area contributed by atoms with E-state index in [1.807, 2.05) is 35.2 Å². The van der Waals surface area contributed by atoms with Gasteiger partial charge in [0.15, 0.2) is 5.82 Å². The molecule has 1 aliphatic heterocycles. The van der Waals surface area contributed by atoms with Crippen molar-refractivity contribution in [2.24, 2.45) is 0 Å². The fraction of sp³-hybridized carbons (Fsp3) is 0.286. The smallest absolute Gasteiger partial charge is 0.255 e. The second-order valence-electron chi connectivity index (χ2n) is 6.78. The number of amides is 1. The summed E-state index contributed by atoms with van der Waals surface area (Å²) in [7, 11) is 0. The SMILES string of the molecule is [C-]#[N+]c1ccc(N2CCN(C(=O)c3ccccc3SCc3noc(C)n3)CC2)nc1. The lowest BCUT2D eigenvalue weighted by Crippen LogP contribution is -2.49. The van der Waals surface area contributed by atoms with E-state index >= 15 is 0 Å². The summed E-state index contributed by atoms with van der Waals surface area (Å²) in [6.45, 7) is 11.4. The molecule has 1 aromatic carbocycles. The lowest BCUT2D eigenvalue weighted by Gasteiger charge is -2.35. The number of aryl methyl sites for hydroxylation is 1. The highest BCUT2D eigenvalue weighted by Crippen LogP contribution is 2.27. The van der Waals surface area contributed by atoms with Crippen LogP contribution in [0.3, 0.4) is 0 Å². The van der Waals surface area contributed by atoms with Crippen molar-refractivity contribution in [1.29, 1.82) is 0 Å². The summed E-state index contributed by atoms with van der Waals surface area (Å²) in [4.78, 5) is 30.0. The average Bonchev–Trinajstić information content (AvgIpc) is 3.22. The molecule has 0 radical (unpaired) electrons. The van der Waals surface area contributed by atoms with Crippen LogP contribution in [-0.4, -0.2) is 52.1 Å². The molecular formula is C21H20N6O2S. The highest BCUT2D eigenvalue weighted by Gasteiger charge is 2.24. The molecule has 9 heteroatoms. The Morgan fingerprint density at radius 2 is 2.00 bits per heavy atom. The van der Waals surface area contributed by atoms with Gasteiger partial charge in [-0.25, -0.2) is 4.85 Å². The summed E-state index contributed by atoms with van der Waals surface area (Å²) in [5.41, 5.74) is 1.22. The predicted octanol–water partition coefficient (Wildman–Crippen LogP) is 3.58. The summed E-state index contributed by atoms with van der Waals surface area (Å²) >= 11 is 1.53. The maximum atomic E-state index is 13.2. The van der Waals surface area contributed by atoms with Crippen molar-refractivity contribution < 1.29 is 9.32 Å². The molecule has 0 aliphatic carbocycles.